The van der Waals surface area contributed by atoms with Crippen molar-refractivity contribution in [2.75, 3.05) is 0 Å². The molecule has 19 heavy (non-hydrogen) atoms. The topological polar surface area (TPSA) is 66.4 Å². The van der Waals surface area contributed by atoms with Gasteiger partial charge in [-0.1, -0.05) is 27.7 Å². The SMILES string of the molecule is CC1(C)CCC(NC(=O)[C@H]2[C@@H](C(=O)O)C2(C)C)CC1. The van der Waals surface area contributed by atoms with Crippen LogP contribution in [0.15, 0.2) is 0 Å². The molecule has 2 atom stereocenters. The standard InChI is InChI=1S/C15H25NO3/c1-14(2)7-5-9(6-8-14)16-12(17)10-11(13(18)19)15(10,3)4/h9-11H,5-8H2,1-4H3,(H,16,17)(H,18,19)/t10-,11+/m1/s1. The number of carbonyl (C=O) groups is 2. The molecule has 108 valence electrons. The van der Waals surface area contributed by atoms with E-state index in [1.807, 2.05) is 13.8 Å². The van der Waals surface area contributed by atoms with Gasteiger partial charge in [0.05, 0.1) is 11.8 Å². The van der Waals surface area contributed by atoms with Gasteiger partial charge in [-0.2, -0.15) is 0 Å². The van der Waals surface area contributed by atoms with Crippen LogP contribution in [-0.4, -0.2) is 23.0 Å². The number of carboxylic acids is 1. The van der Waals surface area contributed by atoms with Gasteiger partial charge in [-0.15, -0.1) is 0 Å². The van der Waals surface area contributed by atoms with E-state index in [1.165, 1.54) is 0 Å². The number of aliphatic carboxylic acids is 1. The largest absolute Gasteiger partial charge is 0.481 e. The van der Waals surface area contributed by atoms with Crippen molar-refractivity contribution in [1.29, 1.82) is 0 Å². The average Bonchev–Trinajstić information content (AvgIpc) is 2.85. The zero-order valence-electron chi connectivity index (χ0n) is 12.3. The fraction of sp³-hybridized carbons (Fsp3) is 0.867. The summed E-state index contributed by atoms with van der Waals surface area (Å²) in [6, 6.07) is 0.228. The van der Waals surface area contributed by atoms with Crippen LogP contribution < -0.4 is 5.32 Å². The smallest absolute Gasteiger partial charge is 0.307 e. The number of hydrogen-bond donors (Lipinski definition) is 2. The molecule has 0 radical (unpaired) electrons. The van der Waals surface area contributed by atoms with E-state index in [4.69, 9.17) is 5.11 Å². The van der Waals surface area contributed by atoms with Crippen molar-refractivity contribution in [2.45, 2.75) is 59.4 Å². The highest BCUT2D eigenvalue weighted by atomic mass is 16.4. The maximum Gasteiger partial charge on any atom is 0.307 e. The quantitative estimate of drug-likeness (QED) is 0.825. The van der Waals surface area contributed by atoms with Crippen LogP contribution in [0.4, 0.5) is 0 Å². The van der Waals surface area contributed by atoms with Crippen molar-refractivity contribution in [3.8, 4) is 0 Å². The Morgan fingerprint density at radius 2 is 1.58 bits per heavy atom. The Hall–Kier alpha value is -1.06. The van der Waals surface area contributed by atoms with Crippen molar-refractivity contribution in [1.82, 2.24) is 5.32 Å². The van der Waals surface area contributed by atoms with Gasteiger partial charge in [-0.25, -0.2) is 0 Å². The minimum absolute atomic E-state index is 0.0675. The molecule has 4 heteroatoms. The molecule has 0 unspecified atom stereocenters. The van der Waals surface area contributed by atoms with Gasteiger partial charge in [0.15, 0.2) is 0 Å². The van der Waals surface area contributed by atoms with Gasteiger partial charge in [0.1, 0.15) is 0 Å². The zero-order chi connectivity index (χ0) is 14.4. The Bertz CT molecular complexity index is 390. The molecular weight excluding hydrogens is 242 g/mol. The van der Waals surface area contributed by atoms with Gasteiger partial charge in [-0.3, -0.25) is 9.59 Å². The fourth-order valence-electron chi connectivity index (χ4n) is 3.42. The molecule has 2 rings (SSSR count). The second-order valence-corrected chi connectivity index (χ2v) is 7.56. The fourth-order valence-corrected chi connectivity index (χ4v) is 3.42. The molecule has 0 bridgehead atoms. The van der Waals surface area contributed by atoms with Crippen molar-refractivity contribution in [3.63, 3.8) is 0 Å². The number of nitrogens with one attached hydrogen (secondary N) is 1. The van der Waals surface area contributed by atoms with Gasteiger partial charge in [0.25, 0.3) is 0 Å². The first kappa shape index (κ1) is 14.4. The lowest BCUT2D eigenvalue weighted by molar-refractivity contribution is -0.140. The van der Waals surface area contributed by atoms with Crippen LogP contribution in [0.25, 0.3) is 0 Å². The molecule has 0 aliphatic heterocycles. The second-order valence-electron chi connectivity index (χ2n) is 7.56. The summed E-state index contributed by atoms with van der Waals surface area (Å²) in [6.07, 6.45) is 4.25. The van der Waals surface area contributed by atoms with Gasteiger partial charge in [-0.05, 0) is 36.5 Å². The second kappa shape index (κ2) is 4.50. The summed E-state index contributed by atoms with van der Waals surface area (Å²) in [5.41, 5.74) is -0.0203. The Morgan fingerprint density at radius 1 is 1.05 bits per heavy atom. The summed E-state index contributed by atoms with van der Waals surface area (Å²) in [5, 5.41) is 12.2. The predicted octanol–water partition coefficient (Wildman–Crippen LogP) is 2.43. The lowest BCUT2D eigenvalue weighted by atomic mass is 9.75. The van der Waals surface area contributed by atoms with Crippen molar-refractivity contribution in [3.05, 3.63) is 0 Å². The molecule has 0 aromatic carbocycles. The lowest BCUT2D eigenvalue weighted by Gasteiger charge is -2.34. The van der Waals surface area contributed by atoms with E-state index in [-0.39, 0.29) is 17.9 Å². The summed E-state index contributed by atoms with van der Waals surface area (Å²) in [5.74, 6) is -1.80. The number of carboxylic acid groups (broad SMARTS) is 1. The van der Waals surface area contributed by atoms with Crippen LogP contribution in [0.3, 0.4) is 0 Å². The molecule has 0 aromatic heterocycles. The normalized spacial score (nSPS) is 32.6. The summed E-state index contributed by atoms with van der Waals surface area (Å²) in [4.78, 5) is 23.3. The highest BCUT2D eigenvalue weighted by Crippen LogP contribution is 2.58. The van der Waals surface area contributed by atoms with Crippen LogP contribution in [-0.2, 0) is 9.59 Å². The summed E-state index contributed by atoms with van der Waals surface area (Å²) in [6.45, 7) is 8.24. The molecule has 2 N–H and O–H groups in total. The molecule has 0 heterocycles. The van der Waals surface area contributed by atoms with Crippen LogP contribution in [0.1, 0.15) is 53.4 Å². The summed E-state index contributed by atoms with van der Waals surface area (Å²) >= 11 is 0. The molecular formula is C15H25NO3. The third-order valence-electron chi connectivity index (χ3n) is 5.06. The maximum absolute atomic E-state index is 12.2. The summed E-state index contributed by atoms with van der Waals surface area (Å²) < 4.78 is 0. The third-order valence-corrected chi connectivity index (χ3v) is 5.06. The third kappa shape index (κ3) is 2.77. The molecule has 4 nitrogen and oxygen atoms in total. The molecule has 0 spiro atoms. The van der Waals surface area contributed by atoms with E-state index >= 15 is 0 Å². The summed E-state index contributed by atoms with van der Waals surface area (Å²) in [7, 11) is 0. The van der Waals surface area contributed by atoms with E-state index in [0.717, 1.165) is 25.7 Å². The first-order valence-electron chi connectivity index (χ1n) is 7.18. The highest BCUT2D eigenvalue weighted by molar-refractivity contribution is 5.91. The Kier molecular flexibility index (Phi) is 3.40. The van der Waals surface area contributed by atoms with Gasteiger partial charge in [0.2, 0.25) is 5.91 Å². The molecule has 2 aliphatic rings. The maximum atomic E-state index is 12.2. The highest BCUT2D eigenvalue weighted by Gasteiger charge is 2.66. The number of rotatable bonds is 3. The average molecular weight is 267 g/mol. The van der Waals surface area contributed by atoms with E-state index in [2.05, 4.69) is 19.2 Å². The van der Waals surface area contributed by atoms with Crippen LogP contribution >= 0.6 is 0 Å². The van der Waals surface area contributed by atoms with Gasteiger partial charge in [0, 0.05) is 6.04 Å². The Labute approximate surface area is 115 Å². The van der Waals surface area contributed by atoms with Crippen molar-refractivity contribution >= 4 is 11.9 Å². The molecule has 2 saturated carbocycles. The van der Waals surface area contributed by atoms with Crippen LogP contribution in [0.2, 0.25) is 0 Å². The van der Waals surface area contributed by atoms with E-state index in [9.17, 15) is 9.59 Å². The predicted molar refractivity (Wildman–Crippen MR) is 72.6 cm³/mol. The first-order valence-corrected chi connectivity index (χ1v) is 7.18. The Balaban J connectivity index is 1.88. The molecule has 2 fully saturated rings. The monoisotopic (exact) mass is 267 g/mol. The Morgan fingerprint density at radius 3 is 2.00 bits per heavy atom. The van der Waals surface area contributed by atoms with E-state index in [0.29, 0.717) is 5.41 Å². The van der Waals surface area contributed by atoms with Crippen molar-refractivity contribution < 1.29 is 14.7 Å². The minimum Gasteiger partial charge on any atom is -0.481 e. The lowest BCUT2D eigenvalue weighted by Crippen LogP contribution is -2.40. The van der Waals surface area contributed by atoms with Gasteiger partial charge < -0.3 is 10.4 Å². The van der Waals surface area contributed by atoms with E-state index < -0.39 is 17.3 Å². The minimum atomic E-state index is -0.852. The first-order chi connectivity index (χ1) is 8.65. The van der Waals surface area contributed by atoms with Crippen LogP contribution in [0, 0.1) is 22.7 Å². The molecule has 0 aromatic rings. The molecule has 2 aliphatic carbocycles. The zero-order valence-corrected chi connectivity index (χ0v) is 12.3. The molecule has 1 amide bonds. The van der Waals surface area contributed by atoms with Crippen LogP contribution in [0.5, 0.6) is 0 Å². The number of amides is 1. The number of hydrogen-bond acceptors (Lipinski definition) is 2. The molecule has 0 saturated heterocycles. The van der Waals surface area contributed by atoms with Gasteiger partial charge >= 0.3 is 5.97 Å². The number of carbonyl (C=O) groups excluding carboxylic acids is 1. The van der Waals surface area contributed by atoms with E-state index in [1.54, 1.807) is 0 Å². The van der Waals surface area contributed by atoms with Crippen molar-refractivity contribution in [2.24, 2.45) is 22.7 Å².